The number of pyridine rings is 1. The number of aryl methyl sites for hydroxylation is 2. The molecule has 0 saturated heterocycles. The summed E-state index contributed by atoms with van der Waals surface area (Å²) in [5, 5.41) is 2.07. The molecule has 7 heteroatoms. The molecule has 3 aromatic heterocycles. The lowest BCUT2D eigenvalue weighted by Crippen LogP contribution is -2.50. The van der Waals surface area contributed by atoms with E-state index in [0.717, 1.165) is 49.4 Å². The lowest BCUT2D eigenvalue weighted by atomic mass is 9.52. The summed E-state index contributed by atoms with van der Waals surface area (Å²) in [7, 11) is 0. The highest BCUT2D eigenvalue weighted by atomic mass is 16.5. The molecule has 0 saturated carbocycles. The number of hydrogen-bond acceptors (Lipinski definition) is 3. The summed E-state index contributed by atoms with van der Waals surface area (Å²) in [5.41, 5.74) is 9.07. The van der Waals surface area contributed by atoms with E-state index < -0.39 is 67.3 Å². The summed E-state index contributed by atoms with van der Waals surface area (Å²) >= 11 is 0. The Balaban J connectivity index is 1.03. The number of para-hydroxylation sites is 4. The van der Waals surface area contributed by atoms with Gasteiger partial charge >= 0.3 is 6.92 Å². The number of rotatable bonds is 7. The topological polar surface area (TPSA) is 45.1 Å². The van der Waals surface area contributed by atoms with Crippen molar-refractivity contribution in [3.8, 4) is 56.7 Å². The molecular weight excluding hydrogens is 819 g/mol. The maximum atomic E-state index is 9.06. The Morgan fingerprint density at radius 1 is 0.672 bits per heavy atom. The number of nitrogens with zero attached hydrogens (tertiary/aromatic N) is 4. The van der Waals surface area contributed by atoms with E-state index >= 15 is 0 Å². The van der Waals surface area contributed by atoms with Crippen LogP contribution in [0, 0.1) is 20.2 Å². The van der Waals surface area contributed by atoms with Gasteiger partial charge in [0.05, 0.1) is 47.1 Å². The number of fused-ring (bicyclic) bond motifs is 6. The zero-order valence-electron chi connectivity index (χ0n) is 47.4. The summed E-state index contributed by atoms with van der Waals surface area (Å²) in [6, 6.07) is 35.2. The zero-order chi connectivity index (χ0) is 54.1. The molecule has 0 radical (unpaired) electrons. The zero-order valence-corrected chi connectivity index (χ0v) is 37.4. The molecule has 0 spiro atoms. The van der Waals surface area contributed by atoms with Gasteiger partial charge in [0.25, 0.3) is 6.33 Å². The maximum Gasteiger partial charge on any atom is 0.429 e. The van der Waals surface area contributed by atoms with E-state index in [4.69, 9.17) is 28.1 Å². The van der Waals surface area contributed by atoms with E-state index in [1.54, 1.807) is 27.3 Å². The molecule has 11 aromatic rings. The Labute approximate surface area is 405 Å². The van der Waals surface area contributed by atoms with Gasteiger partial charge < -0.3 is 9.39 Å². The van der Waals surface area contributed by atoms with Crippen molar-refractivity contribution < 1.29 is 27.7 Å². The second-order valence-corrected chi connectivity index (χ2v) is 17.9. The molecule has 0 unspecified atom stereocenters. The maximum absolute atomic E-state index is 9.06. The average molecular weight is 877 g/mol. The molecule has 0 atom stereocenters. The molecule has 0 bridgehead atoms. The van der Waals surface area contributed by atoms with E-state index in [1.807, 2.05) is 72.9 Å². The summed E-state index contributed by atoms with van der Waals surface area (Å²) in [6.07, 6.45) is 5.31. The van der Waals surface area contributed by atoms with Crippen LogP contribution in [-0.2, 0) is 5.41 Å². The molecule has 6 nitrogen and oxygen atoms in total. The third-order valence-electron chi connectivity index (χ3n) is 12.7. The number of imidazole rings is 1. The summed E-state index contributed by atoms with van der Waals surface area (Å²) in [6.45, 7) is 10.4. The average Bonchev–Trinajstić information content (AvgIpc) is 3.92. The SMILES string of the molecule is [2H]c1c([2H])c([2H])c(-c2cccc(-c3c([2H])c([2H])c([2H])c([2H])c3[2H])c2-[n+]2[c-]n(-c3cccc(Oc4ccc5c6cccc7c6n(c5c4)-c4nccc(C(C)(C)C)c4OB7c4c(C)cccc4C)c3)c3ccccc32)c([2H])c1[2H]. The quantitative estimate of drug-likeness (QED) is 0.0910. The molecule has 0 amide bonds. The Hall–Kier alpha value is -8.16. The van der Waals surface area contributed by atoms with Crippen molar-refractivity contribution in [3.63, 3.8) is 0 Å². The van der Waals surface area contributed by atoms with Crippen molar-refractivity contribution in [3.05, 3.63) is 217 Å². The van der Waals surface area contributed by atoms with Gasteiger partial charge in [-0.25, -0.2) is 4.98 Å². The molecule has 0 aliphatic carbocycles. The Bertz CT molecular complexity index is 4170. The first-order chi connectivity index (χ1) is 36.8. The van der Waals surface area contributed by atoms with Gasteiger partial charge in [-0.15, -0.1) is 0 Å². The largest absolute Gasteiger partial charge is 0.549 e. The van der Waals surface area contributed by atoms with Crippen molar-refractivity contribution >= 4 is 50.7 Å². The van der Waals surface area contributed by atoms with Gasteiger partial charge in [-0.2, -0.15) is 0 Å². The lowest BCUT2D eigenvalue weighted by Gasteiger charge is -2.26. The molecule has 0 N–H and O–H groups in total. The van der Waals surface area contributed by atoms with Crippen LogP contribution < -0.4 is 24.9 Å². The van der Waals surface area contributed by atoms with Gasteiger partial charge in [0.1, 0.15) is 17.2 Å². The van der Waals surface area contributed by atoms with Crippen molar-refractivity contribution in [2.24, 2.45) is 0 Å². The Morgan fingerprint density at radius 2 is 1.34 bits per heavy atom. The van der Waals surface area contributed by atoms with Crippen molar-refractivity contribution in [2.75, 3.05) is 0 Å². The minimum absolute atomic E-state index is 0.134. The Kier molecular flexibility index (Phi) is 7.27. The van der Waals surface area contributed by atoms with Crippen LogP contribution in [0.25, 0.3) is 72.3 Å². The van der Waals surface area contributed by atoms with Crippen LogP contribution in [0.3, 0.4) is 0 Å². The van der Waals surface area contributed by atoms with Gasteiger partial charge in [-0.1, -0.05) is 177 Å². The molecule has 322 valence electrons. The monoisotopic (exact) mass is 876 g/mol. The standard InChI is InChI=1S/C60H47BN4O2/c1-39-18-14-19-40(2)55(39)61-51-29-17-28-49-48-33-32-45(37-54(48)65(57(49)51)59-58(67-61)50(34-35-62-59)60(3,4)5)66-44-25-15-24-43(36-44)63-38-64(53-31-13-12-30-52(53)63)56-46(41-20-8-6-9-21-41)26-16-27-47(56)42-22-10-7-11-23-42/h6-37H,1-5H3/i6D,7D,8D,9D,10D,11D,20D,21D,22D,23D. The van der Waals surface area contributed by atoms with Gasteiger partial charge in [-0.05, 0) is 88.8 Å². The molecule has 1 aliphatic rings. The van der Waals surface area contributed by atoms with Crippen LogP contribution >= 0.6 is 0 Å². The van der Waals surface area contributed by atoms with Crippen LogP contribution in [-0.4, -0.2) is 21.0 Å². The van der Waals surface area contributed by atoms with Crippen molar-refractivity contribution in [1.29, 1.82) is 0 Å². The third-order valence-corrected chi connectivity index (χ3v) is 12.7. The van der Waals surface area contributed by atoms with E-state index in [1.165, 1.54) is 0 Å². The second kappa shape index (κ2) is 15.8. The van der Waals surface area contributed by atoms with Crippen LogP contribution in [0.2, 0.25) is 0 Å². The molecule has 12 rings (SSSR count). The van der Waals surface area contributed by atoms with Crippen LogP contribution in [0.4, 0.5) is 0 Å². The summed E-state index contributed by atoms with van der Waals surface area (Å²) in [5.74, 6) is 2.46. The second-order valence-electron chi connectivity index (χ2n) is 17.9. The molecule has 4 heterocycles. The fraction of sp³-hybridized carbons (Fsp3) is 0.100. The predicted molar refractivity (Wildman–Crippen MR) is 273 cm³/mol. The number of benzene rings is 8. The first-order valence-corrected chi connectivity index (χ1v) is 22.2. The highest BCUT2D eigenvalue weighted by Gasteiger charge is 2.37. The summed E-state index contributed by atoms with van der Waals surface area (Å²) in [4.78, 5) is 5.07. The fourth-order valence-corrected chi connectivity index (χ4v) is 9.70. The van der Waals surface area contributed by atoms with E-state index in [2.05, 4.69) is 88.0 Å². The lowest BCUT2D eigenvalue weighted by molar-refractivity contribution is -0.571. The highest BCUT2D eigenvalue weighted by molar-refractivity contribution is 6.83. The molecule has 67 heavy (non-hydrogen) atoms. The van der Waals surface area contributed by atoms with Crippen LogP contribution in [0.1, 0.15) is 51.2 Å². The predicted octanol–water partition coefficient (Wildman–Crippen LogP) is 12.7. The first-order valence-electron chi connectivity index (χ1n) is 27.2. The van der Waals surface area contributed by atoms with Crippen molar-refractivity contribution in [2.45, 2.75) is 40.0 Å². The van der Waals surface area contributed by atoms with Crippen LogP contribution in [0.15, 0.2) is 194 Å². The molecule has 0 fully saturated rings. The van der Waals surface area contributed by atoms with Gasteiger partial charge in [0.15, 0.2) is 5.82 Å². The minimum Gasteiger partial charge on any atom is -0.549 e. The summed E-state index contributed by atoms with van der Waals surface area (Å²) < 4.78 is 107. The minimum atomic E-state index is -0.570. The molecule has 8 aromatic carbocycles. The number of hydrogen-bond donors (Lipinski definition) is 0. The van der Waals surface area contributed by atoms with Gasteiger partial charge in [0, 0.05) is 28.6 Å². The smallest absolute Gasteiger partial charge is 0.429 e. The third kappa shape index (κ3) is 6.72. The van der Waals surface area contributed by atoms with Crippen LogP contribution in [0.5, 0.6) is 17.2 Å². The fourth-order valence-electron chi connectivity index (χ4n) is 9.70. The Morgan fingerprint density at radius 3 is 2.07 bits per heavy atom. The van der Waals surface area contributed by atoms with Gasteiger partial charge in [-0.3, -0.25) is 13.7 Å². The van der Waals surface area contributed by atoms with E-state index in [0.29, 0.717) is 39.8 Å². The number of aromatic nitrogens is 4. The van der Waals surface area contributed by atoms with Gasteiger partial charge in [0.2, 0.25) is 0 Å². The van der Waals surface area contributed by atoms with E-state index in [9.17, 15) is 0 Å². The van der Waals surface area contributed by atoms with E-state index in [-0.39, 0.29) is 33.4 Å². The number of ether oxygens (including phenoxy) is 1. The normalized spacial score (nSPS) is 14.4. The molecular formula is C60H47BN4O2. The van der Waals surface area contributed by atoms with Crippen molar-refractivity contribution in [1.82, 2.24) is 14.1 Å². The molecule has 1 aliphatic heterocycles. The first kappa shape index (κ1) is 30.9. The highest BCUT2D eigenvalue weighted by Crippen LogP contribution is 2.43.